The molecule has 0 saturated heterocycles. The van der Waals surface area contributed by atoms with Gasteiger partial charge < -0.3 is 29.7 Å². The maximum absolute atomic E-state index is 9.26. The molecule has 0 heterocycles. The van der Waals surface area contributed by atoms with E-state index in [9.17, 15) is 29.7 Å². The van der Waals surface area contributed by atoms with Crippen LogP contribution in [-0.4, -0.2) is 40.4 Å². The second-order valence-electron chi connectivity index (χ2n) is 2.93. The summed E-state index contributed by atoms with van der Waals surface area (Å²) in [7, 11) is 0. The average Bonchev–Trinajstić information content (AvgIpc) is 2.40. The third-order valence-corrected chi connectivity index (χ3v) is 2.54. The van der Waals surface area contributed by atoms with E-state index in [0.29, 0.717) is 0 Å². The molecule has 0 unspecified atom stereocenters. The molecular weight excluding hydrogens is 359 g/mol. The Morgan fingerprint density at radius 2 is 0.842 bits per heavy atom. The fourth-order valence-electron chi connectivity index (χ4n) is 0. The Morgan fingerprint density at radius 1 is 0.737 bits per heavy atom. The molecule has 0 aliphatic carbocycles. The van der Waals surface area contributed by atoms with Gasteiger partial charge >= 0.3 is 40.3 Å². The topological polar surface area (TPSA) is 120 Å². The predicted molar refractivity (Wildman–Crippen MR) is 66.7 cm³/mol. The van der Waals surface area contributed by atoms with Gasteiger partial charge in [-0.15, -0.1) is 0 Å². The van der Waals surface area contributed by atoms with E-state index in [4.69, 9.17) is 0 Å². The van der Waals surface area contributed by atoms with Gasteiger partial charge in [-0.25, -0.2) is 0 Å². The zero-order chi connectivity index (χ0) is 16.3. The summed E-state index contributed by atoms with van der Waals surface area (Å²) in [4.78, 5) is 27.8. The molecule has 0 aromatic heterocycles. The van der Waals surface area contributed by atoms with Gasteiger partial charge in [0, 0.05) is 17.9 Å². The molecule has 0 aromatic rings. The molecule has 7 heteroatoms. The molecule has 0 atom stereocenters. The normalized spacial score (nSPS) is 7.47. The van der Waals surface area contributed by atoms with E-state index in [1.165, 1.54) is 31.6 Å². The van der Waals surface area contributed by atoms with E-state index in [1.54, 1.807) is 22.5 Å². The van der Waals surface area contributed by atoms with Crippen LogP contribution in [0.2, 0.25) is 4.44 Å². The molecule has 0 spiro atoms. The first-order valence-corrected chi connectivity index (χ1v) is 7.99. The molecule has 0 N–H and O–H groups in total. The quantitative estimate of drug-likeness (QED) is 0.543. The second-order valence-corrected chi connectivity index (χ2v) is 4.35. The van der Waals surface area contributed by atoms with Crippen molar-refractivity contribution in [2.75, 3.05) is 0 Å². The van der Waals surface area contributed by atoms with Crippen LogP contribution >= 0.6 is 0 Å². The van der Waals surface area contributed by atoms with Crippen molar-refractivity contribution in [3.8, 4) is 0 Å². The number of hydrogen-bond acceptors (Lipinski definition) is 6. The van der Waals surface area contributed by atoms with Gasteiger partial charge in [0.05, 0.1) is 0 Å². The van der Waals surface area contributed by atoms with Gasteiger partial charge in [-0.2, -0.15) is 0 Å². The molecular formula is C12H22O6Sn. The fourth-order valence-corrected chi connectivity index (χ4v) is 0. The summed E-state index contributed by atoms with van der Waals surface area (Å²) >= 11 is 1.67. The maximum atomic E-state index is 9.26. The third kappa shape index (κ3) is 103. The minimum absolute atomic E-state index is 0.111. The Labute approximate surface area is 128 Å². The molecule has 0 saturated carbocycles. The van der Waals surface area contributed by atoms with Crippen molar-refractivity contribution >= 4 is 40.4 Å². The molecule has 0 radical (unpaired) electrons. The first-order valence-electron chi connectivity index (χ1n) is 5.97. The molecule has 0 rings (SSSR count). The molecule has 0 amide bonds. The Bertz CT molecular complexity index is 183. The van der Waals surface area contributed by atoms with Gasteiger partial charge in [-0.1, -0.05) is 20.8 Å². The zero-order valence-electron chi connectivity index (χ0n) is 12.0. The summed E-state index contributed by atoms with van der Waals surface area (Å²) in [5.41, 5.74) is 0. The molecule has 0 bridgehead atoms. The molecule has 110 valence electrons. The summed E-state index contributed by atoms with van der Waals surface area (Å²) in [6.45, 7) is 6.81. The molecule has 0 aromatic carbocycles. The van der Waals surface area contributed by atoms with Crippen LogP contribution in [0.1, 0.15) is 53.4 Å². The summed E-state index contributed by atoms with van der Waals surface area (Å²) in [5, 5.41) is 27.8. The van der Waals surface area contributed by atoms with Crippen molar-refractivity contribution in [2.24, 2.45) is 0 Å². The van der Waals surface area contributed by atoms with Crippen LogP contribution < -0.4 is 15.3 Å². The van der Waals surface area contributed by atoms with Gasteiger partial charge in [0.25, 0.3) is 0 Å². The number of carbonyl (C=O) groups is 3. The first-order chi connectivity index (χ1) is 8.72. The predicted octanol–water partition coefficient (Wildman–Crippen LogP) is -1.58. The van der Waals surface area contributed by atoms with Crippen molar-refractivity contribution in [1.82, 2.24) is 0 Å². The van der Waals surface area contributed by atoms with Gasteiger partial charge in [0.2, 0.25) is 0 Å². The monoisotopic (exact) mass is 382 g/mol. The third-order valence-electron chi connectivity index (χ3n) is 1.12. The molecule has 0 fully saturated rings. The summed E-state index contributed by atoms with van der Waals surface area (Å²) in [6, 6.07) is 0. The van der Waals surface area contributed by atoms with Gasteiger partial charge in [0.1, 0.15) is 0 Å². The van der Waals surface area contributed by atoms with E-state index in [0.717, 1.165) is 0 Å². The molecule has 19 heavy (non-hydrogen) atoms. The number of carboxylic acids is 3. The van der Waals surface area contributed by atoms with Crippen molar-refractivity contribution in [1.29, 1.82) is 0 Å². The number of carbonyl (C=O) groups excluding carboxylic acids is 3. The fraction of sp³-hybridized carbons (Fsp3) is 0.750. The van der Waals surface area contributed by atoms with Crippen LogP contribution in [0, 0.1) is 0 Å². The number of carboxylic acid groups (broad SMARTS) is 3. The van der Waals surface area contributed by atoms with Crippen molar-refractivity contribution in [3.05, 3.63) is 0 Å². The summed E-state index contributed by atoms with van der Waals surface area (Å²) < 4.78 is 1.41. The second kappa shape index (κ2) is 25.9. The van der Waals surface area contributed by atoms with Crippen LogP contribution in [-0.2, 0) is 14.4 Å². The van der Waals surface area contributed by atoms with Crippen LogP contribution in [0.5, 0.6) is 0 Å². The van der Waals surface area contributed by atoms with Crippen LogP contribution in [0.25, 0.3) is 0 Å². The van der Waals surface area contributed by atoms with Crippen LogP contribution in [0.4, 0.5) is 0 Å². The SMILES string of the molecule is CCC(=O)[O-].CCC(=O)[O-].CCC(=O)[O-].CC[CH2][Sn+3]. The summed E-state index contributed by atoms with van der Waals surface area (Å²) in [5.74, 6) is -2.99. The number of rotatable bonds is 4. The molecule has 6 nitrogen and oxygen atoms in total. The van der Waals surface area contributed by atoms with Gasteiger partial charge in [0.15, 0.2) is 0 Å². The Morgan fingerprint density at radius 3 is 0.842 bits per heavy atom. The molecule has 0 aliphatic heterocycles. The Kier molecular flexibility index (Phi) is 36.4. The van der Waals surface area contributed by atoms with Gasteiger partial charge in [-0.05, 0) is 19.3 Å². The zero-order valence-corrected chi connectivity index (χ0v) is 14.8. The van der Waals surface area contributed by atoms with E-state index >= 15 is 0 Å². The first kappa shape index (κ1) is 26.7. The van der Waals surface area contributed by atoms with Crippen molar-refractivity contribution < 1.29 is 29.7 Å². The van der Waals surface area contributed by atoms with Crippen LogP contribution in [0.3, 0.4) is 0 Å². The average molecular weight is 381 g/mol. The number of aliphatic carboxylic acids is 3. The van der Waals surface area contributed by atoms with E-state index in [1.807, 2.05) is 0 Å². The Balaban J connectivity index is -0.0000000793. The minimum atomic E-state index is -0.995. The van der Waals surface area contributed by atoms with E-state index in [2.05, 4.69) is 6.92 Å². The van der Waals surface area contributed by atoms with Crippen molar-refractivity contribution in [3.63, 3.8) is 0 Å². The standard InChI is InChI=1S/3C3H6O2.C3H7.Sn/c3*1-2-3(4)5;1-3-2;/h3*2H2,1H3,(H,4,5);1,3H2,2H3;/q;;;;+3/p-3. The van der Waals surface area contributed by atoms with E-state index in [-0.39, 0.29) is 19.3 Å². The van der Waals surface area contributed by atoms with Crippen LogP contribution in [0.15, 0.2) is 0 Å². The van der Waals surface area contributed by atoms with Gasteiger partial charge in [-0.3, -0.25) is 0 Å². The number of hydrogen-bond donors (Lipinski definition) is 0. The summed E-state index contributed by atoms with van der Waals surface area (Å²) in [6.07, 6.45) is 1.69. The van der Waals surface area contributed by atoms with E-state index < -0.39 is 17.9 Å². The molecule has 0 aliphatic rings. The van der Waals surface area contributed by atoms with Crippen molar-refractivity contribution in [2.45, 2.75) is 57.8 Å². The Hall–Kier alpha value is -0.791.